The molecule has 0 saturated carbocycles. The Morgan fingerprint density at radius 3 is 2.78 bits per heavy atom. The molecule has 4 heterocycles. The van der Waals surface area contributed by atoms with Crippen molar-refractivity contribution in [3.8, 4) is 5.75 Å². The van der Waals surface area contributed by atoms with E-state index in [1.165, 1.54) is 40.4 Å². The number of carbonyl (C=O) groups excluding carboxylic acids is 1. The maximum atomic E-state index is 12.5. The number of carbonyl (C=O) groups is 1. The minimum Gasteiger partial charge on any atom is -0.497 e. The van der Waals surface area contributed by atoms with Gasteiger partial charge in [-0.05, 0) is 67.0 Å². The van der Waals surface area contributed by atoms with Gasteiger partial charge in [0.15, 0.2) is 10.8 Å². The Morgan fingerprint density at radius 1 is 1.19 bits per heavy atom. The average molecular weight is 519 g/mol. The molecule has 4 aromatic heterocycles. The lowest BCUT2D eigenvalue weighted by Gasteiger charge is -2.11. The highest BCUT2D eigenvalue weighted by Gasteiger charge is 2.25. The molecule has 0 fully saturated rings. The van der Waals surface area contributed by atoms with Crippen molar-refractivity contribution >= 4 is 60.8 Å². The number of hydrogen-bond acceptors (Lipinski definition) is 8. The van der Waals surface area contributed by atoms with Gasteiger partial charge in [-0.1, -0.05) is 25.6 Å². The first-order valence-corrected chi connectivity index (χ1v) is 13.8. The molecule has 1 aliphatic carbocycles. The van der Waals surface area contributed by atoms with Gasteiger partial charge in [-0.25, -0.2) is 9.97 Å². The number of anilines is 1. The van der Waals surface area contributed by atoms with Gasteiger partial charge in [-0.15, -0.1) is 21.5 Å². The van der Waals surface area contributed by atoms with Crippen molar-refractivity contribution in [1.29, 1.82) is 0 Å². The summed E-state index contributed by atoms with van der Waals surface area (Å²) in [4.78, 5) is 23.5. The second-order valence-electron chi connectivity index (χ2n) is 9.41. The molecule has 0 spiro atoms. The van der Waals surface area contributed by atoms with Crippen LogP contribution < -0.4 is 10.1 Å². The molecule has 10 heteroatoms. The number of hydrogen-bond donors (Lipinski definition) is 1. The number of aromatic nitrogens is 5. The minimum absolute atomic E-state index is 0.115. The fourth-order valence-corrected chi connectivity index (χ4v) is 6.73. The van der Waals surface area contributed by atoms with Gasteiger partial charge in [-0.2, -0.15) is 0 Å². The summed E-state index contributed by atoms with van der Waals surface area (Å²) < 4.78 is 8.03. The molecule has 8 nitrogen and oxygen atoms in total. The van der Waals surface area contributed by atoms with Crippen LogP contribution in [0, 0.1) is 5.92 Å². The molecule has 184 valence electrons. The van der Waals surface area contributed by atoms with E-state index in [1.54, 1.807) is 24.8 Å². The number of ether oxygens (including phenoxy) is 1. The molecule has 0 atom stereocenters. The summed E-state index contributed by atoms with van der Waals surface area (Å²) >= 11 is 2.98. The van der Waals surface area contributed by atoms with E-state index < -0.39 is 0 Å². The van der Waals surface area contributed by atoms with Gasteiger partial charge in [0.25, 0.3) is 0 Å². The van der Waals surface area contributed by atoms with E-state index in [-0.39, 0.29) is 11.7 Å². The third-order valence-electron chi connectivity index (χ3n) is 6.45. The number of methoxy groups -OCH3 is 1. The van der Waals surface area contributed by atoms with E-state index in [9.17, 15) is 4.79 Å². The lowest BCUT2D eigenvalue weighted by atomic mass is 9.99. The lowest BCUT2D eigenvalue weighted by molar-refractivity contribution is -0.113. The first kappa shape index (κ1) is 23.2. The summed E-state index contributed by atoms with van der Waals surface area (Å²) in [6.07, 6.45) is 6.13. The maximum Gasteiger partial charge on any atom is 0.234 e. The van der Waals surface area contributed by atoms with Crippen molar-refractivity contribution in [3.63, 3.8) is 0 Å². The minimum atomic E-state index is -0.115. The predicted molar refractivity (Wildman–Crippen MR) is 144 cm³/mol. The van der Waals surface area contributed by atoms with E-state index >= 15 is 0 Å². The number of thiophene rings is 1. The van der Waals surface area contributed by atoms with Gasteiger partial charge in [0, 0.05) is 16.8 Å². The molecule has 0 bridgehead atoms. The summed E-state index contributed by atoms with van der Waals surface area (Å²) in [5.74, 6) is 1.41. The Bertz CT molecular complexity index is 1610. The fourth-order valence-electron chi connectivity index (χ4n) is 4.87. The molecule has 36 heavy (non-hydrogen) atoms. The van der Waals surface area contributed by atoms with Crippen LogP contribution in [0.2, 0.25) is 0 Å². The zero-order valence-electron chi connectivity index (χ0n) is 20.4. The fraction of sp³-hybridized carbons (Fsp3) is 0.346. The van der Waals surface area contributed by atoms with E-state index in [0.29, 0.717) is 11.1 Å². The summed E-state index contributed by atoms with van der Waals surface area (Å²) in [6, 6.07) is 7.25. The Morgan fingerprint density at radius 2 is 2.00 bits per heavy atom. The van der Waals surface area contributed by atoms with Crippen molar-refractivity contribution in [3.05, 3.63) is 47.4 Å². The topological polar surface area (TPSA) is 94.3 Å². The van der Waals surface area contributed by atoms with Crippen molar-refractivity contribution < 1.29 is 9.53 Å². The highest BCUT2D eigenvalue weighted by atomic mass is 32.2. The maximum absolute atomic E-state index is 12.5. The molecular formula is C26H26N6O2S2. The van der Waals surface area contributed by atoms with Crippen LogP contribution in [0.25, 0.3) is 26.1 Å². The van der Waals surface area contributed by atoms with Crippen molar-refractivity contribution in [2.24, 2.45) is 5.92 Å². The van der Waals surface area contributed by atoms with Gasteiger partial charge in [0.1, 0.15) is 21.6 Å². The second kappa shape index (κ2) is 9.33. The number of pyridine rings is 1. The van der Waals surface area contributed by atoms with Crippen molar-refractivity contribution in [2.75, 3.05) is 18.2 Å². The largest absolute Gasteiger partial charge is 0.497 e. The van der Waals surface area contributed by atoms with Crippen LogP contribution in [0.4, 0.5) is 5.69 Å². The molecule has 0 unspecified atom stereocenters. The summed E-state index contributed by atoms with van der Waals surface area (Å²) in [6.45, 7) is 4.49. The lowest BCUT2D eigenvalue weighted by Crippen LogP contribution is -2.14. The molecule has 1 aliphatic rings. The third kappa shape index (κ3) is 4.08. The van der Waals surface area contributed by atoms with Gasteiger partial charge in [0.2, 0.25) is 5.91 Å². The van der Waals surface area contributed by atoms with E-state index in [4.69, 9.17) is 14.7 Å². The number of rotatable bonds is 7. The first-order chi connectivity index (χ1) is 17.5. The van der Waals surface area contributed by atoms with Crippen LogP contribution in [-0.2, 0) is 24.1 Å². The summed E-state index contributed by atoms with van der Waals surface area (Å²) in [7, 11) is 1.61. The highest BCUT2D eigenvalue weighted by Crippen LogP contribution is 2.41. The SMILES string of the molecule is COc1ccc(NC(=O)CSc2nnc3c4sc5nc(CC(C)C)c6c(c5c4ncn23)CCC6)cc1. The van der Waals surface area contributed by atoms with E-state index in [1.807, 2.05) is 28.7 Å². The smallest absolute Gasteiger partial charge is 0.234 e. The monoisotopic (exact) mass is 518 g/mol. The summed E-state index contributed by atoms with van der Waals surface area (Å²) in [5.41, 5.74) is 6.54. The molecule has 0 saturated heterocycles. The zero-order chi connectivity index (χ0) is 24.8. The van der Waals surface area contributed by atoms with Crippen LogP contribution in [0.3, 0.4) is 0 Å². The van der Waals surface area contributed by atoms with E-state index in [2.05, 4.69) is 29.4 Å². The average Bonchev–Trinajstić information content (AvgIpc) is 3.59. The van der Waals surface area contributed by atoms with Crippen LogP contribution in [0.5, 0.6) is 5.75 Å². The number of nitrogens with zero attached hydrogens (tertiary/aromatic N) is 5. The molecule has 1 amide bonds. The normalized spacial score (nSPS) is 13.2. The number of fused-ring (bicyclic) bond motifs is 7. The van der Waals surface area contributed by atoms with Gasteiger partial charge in [0.05, 0.1) is 18.4 Å². The highest BCUT2D eigenvalue weighted by molar-refractivity contribution is 7.99. The Balaban J connectivity index is 1.29. The van der Waals surface area contributed by atoms with Crippen LogP contribution in [-0.4, -0.2) is 43.3 Å². The Hall–Kier alpha value is -3.24. The molecule has 1 N–H and O–H groups in total. The van der Waals surface area contributed by atoms with Crippen molar-refractivity contribution in [2.45, 2.75) is 44.7 Å². The molecule has 1 aromatic carbocycles. The van der Waals surface area contributed by atoms with Crippen LogP contribution in [0.1, 0.15) is 37.1 Å². The van der Waals surface area contributed by atoms with Gasteiger partial charge < -0.3 is 10.1 Å². The number of benzene rings is 1. The number of nitrogens with one attached hydrogen (secondary N) is 1. The number of aryl methyl sites for hydroxylation is 1. The van der Waals surface area contributed by atoms with Crippen molar-refractivity contribution in [1.82, 2.24) is 24.6 Å². The first-order valence-electron chi connectivity index (χ1n) is 12.0. The standard InChI is InChI=1S/C26H26N6O2S2/c1-14(2)11-19-17-5-4-6-18(17)21-22-23(36-25(21)29-19)24-30-31-26(32(24)13-27-22)35-12-20(33)28-15-7-9-16(34-3)10-8-15/h7-10,13-14H,4-6,11-12H2,1-3H3,(H,28,33). The van der Waals surface area contributed by atoms with E-state index in [0.717, 1.165) is 51.4 Å². The van der Waals surface area contributed by atoms with Gasteiger partial charge >= 0.3 is 0 Å². The van der Waals surface area contributed by atoms with Crippen LogP contribution in [0.15, 0.2) is 35.7 Å². The molecule has 6 rings (SSSR count). The van der Waals surface area contributed by atoms with Gasteiger partial charge in [-0.3, -0.25) is 9.20 Å². The quantitative estimate of drug-likeness (QED) is 0.292. The Labute approximate surface area is 216 Å². The molecule has 0 radical (unpaired) electrons. The van der Waals surface area contributed by atoms with Crippen LogP contribution >= 0.6 is 23.1 Å². The summed E-state index contributed by atoms with van der Waals surface area (Å²) in [5, 5.41) is 13.6. The number of thioether (sulfide) groups is 1. The third-order valence-corrected chi connectivity index (χ3v) is 8.46. The second-order valence-corrected chi connectivity index (χ2v) is 11.4. The molecule has 0 aliphatic heterocycles. The zero-order valence-corrected chi connectivity index (χ0v) is 22.0. The molecule has 5 aromatic rings. The predicted octanol–water partition coefficient (Wildman–Crippen LogP) is 5.31. The Kier molecular flexibility index (Phi) is 6.00. The number of amides is 1. The molecular weight excluding hydrogens is 492 g/mol.